The summed E-state index contributed by atoms with van der Waals surface area (Å²) in [6, 6.07) is 1.78. The highest BCUT2D eigenvalue weighted by atomic mass is 79.9. The smallest absolute Gasteiger partial charge is 0.231 e. The van der Waals surface area contributed by atoms with Gasteiger partial charge in [-0.1, -0.05) is 0 Å². The summed E-state index contributed by atoms with van der Waals surface area (Å²) in [6.07, 6.45) is 3.18. The van der Waals surface area contributed by atoms with Crippen LogP contribution in [0, 0.1) is 0 Å². The van der Waals surface area contributed by atoms with Crippen LogP contribution in [0.1, 0.15) is 16.2 Å². The second-order valence-electron chi connectivity index (χ2n) is 3.87. The Hall–Kier alpha value is -0.570. The first-order chi connectivity index (χ1) is 9.54. The van der Waals surface area contributed by atoms with E-state index in [0.717, 1.165) is 4.47 Å². The number of ketones is 1. The number of carbonyl (C=O) groups is 1. The molecule has 8 heteroatoms. The van der Waals surface area contributed by atoms with Gasteiger partial charge in [0.1, 0.15) is 11.4 Å². The summed E-state index contributed by atoms with van der Waals surface area (Å²) in [5.74, 6) is -0.204. The number of hydrogen-bond acceptors (Lipinski definition) is 4. The number of halogens is 3. The zero-order valence-corrected chi connectivity index (χ0v) is 15.2. The molecule has 0 bridgehead atoms. The number of ether oxygens (including phenoxy) is 1. The van der Waals surface area contributed by atoms with Crippen LogP contribution in [0.3, 0.4) is 0 Å². The van der Waals surface area contributed by atoms with E-state index < -0.39 is 0 Å². The van der Waals surface area contributed by atoms with E-state index in [0.29, 0.717) is 33.5 Å². The van der Waals surface area contributed by atoms with Crippen molar-refractivity contribution in [3.63, 3.8) is 0 Å². The highest BCUT2D eigenvalue weighted by molar-refractivity contribution is 9.11. The number of methoxy groups -OCH3 is 1. The molecule has 2 aromatic heterocycles. The molecule has 0 saturated heterocycles. The van der Waals surface area contributed by atoms with Gasteiger partial charge < -0.3 is 4.74 Å². The number of pyridine rings is 1. The second kappa shape index (κ2) is 6.93. The Bertz CT molecular complexity index is 643. The lowest BCUT2D eigenvalue weighted by atomic mass is 10.2. The highest BCUT2D eigenvalue weighted by Crippen LogP contribution is 2.25. The molecule has 0 atom stereocenters. The fraction of sp³-hybridized carbons (Fsp3) is 0.250. The van der Waals surface area contributed by atoms with Crippen LogP contribution in [-0.2, 0) is 11.3 Å². The monoisotopic (exact) mass is 465 g/mol. The average Bonchev–Trinajstić information content (AvgIpc) is 2.77. The number of aromatic nitrogens is 3. The number of carbonyl (C=O) groups excluding carboxylic acids is 1. The van der Waals surface area contributed by atoms with Crippen molar-refractivity contribution in [2.75, 3.05) is 13.7 Å². The van der Waals surface area contributed by atoms with E-state index >= 15 is 0 Å². The maximum absolute atomic E-state index is 12.6. The molecular weight excluding hydrogens is 458 g/mol. The quantitative estimate of drug-likeness (QED) is 0.632. The van der Waals surface area contributed by atoms with Gasteiger partial charge in [0, 0.05) is 22.3 Å². The molecule has 2 rings (SSSR count). The first-order valence-corrected chi connectivity index (χ1v) is 7.98. The number of hydrogen-bond donors (Lipinski definition) is 0. The third-order valence-corrected chi connectivity index (χ3v) is 4.16. The molecular formula is C12H10Br3N3O2. The molecule has 2 heterocycles. The van der Waals surface area contributed by atoms with Crippen LogP contribution in [0.25, 0.3) is 0 Å². The van der Waals surface area contributed by atoms with Gasteiger partial charge in [-0.15, -0.1) is 0 Å². The van der Waals surface area contributed by atoms with Crippen molar-refractivity contribution in [2.45, 2.75) is 6.54 Å². The van der Waals surface area contributed by atoms with Gasteiger partial charge in [-0.25, -0.2) is 0 Å². The standard InChI is InChI=1S/C12H10Br3N3O2/c1-20-3-2-18-11(9(15)6-17-18)12(19)10-8(14)4-7(13)5-16-10/h4-6H,2-3H2,1H3. The van der Waals surface area contributed by atoms with E-state index in [9.17, 15) is 4.79 Å². The van der Waals surface area contributed by atoms with Crippen molar-refractivity contribution in [1.82, 2.24) is 14.8 Å². The minimum atomic E-state index is -0.204. The zero-order valence-electron chi connectivity index (χ0n) is 10.4. The fourth-order valence-electron chi connectivity index (χ4n) is 1.63. The summed E-state index contributed by atoms with van der Waals surface area (Å²) in [7, 11) is 1.60. The molecule has 0 aliphatic carbocycles. The molecule has 5 nitrogen and oxygen atoms in total. The number of nitrogens with zero attached hydrogens (tertiary/aromatic N) is 3. The fourth-order valence-corrected chi connectivity index (χ4v) is 3.27. The van der Waals surface area contributed by atoms with Gasteiger partial charge in [-0.05, 0) is 53.9 Å². The van der Waals surface area contributed by atoms with E-state index in [-0.39, 0.29) is 5.78 Å². The Morgan fingerprint density at radius 3 is 2.70 bits per heavy atom. The van der Waals surface area contributed by atoms with Gasteiger partial charge in [0.25, 0.3) is 0 Å². The van der Waals surface area contributed by atoms with Gasteiger partial charge in [0.05, 0.1) is 23.8 Å². The molecule has 0 unspecified atom stereocenters. The van der Waals surface area contributed by atoms with Gasteiger partial charge in [0.2, 0.25) is 5.78 Å². The Morgan fingerprint density at radius 1 is 1.30 bits per heavy atom. The third kappa shape index (κ3) is 3.36. The van der Waals surface area contributed by atoms with Crippen LogP contribution >= 0.6 is 47.8 Å². The van der Waals surface area contributed by atoms with E-state index in [1.54, 1.807) is 30.3 Å². The minimum absolute atomic E-state index is 0.204. The lowest BCUT2D eigenvalue weighted by Gasteiger charge is -2.08. The summed E-state index contributed by atoms with van der Waals surface area (Å²) in [6.45, 7) is 0.973. The van der Waals surface area contributed by atoms with Crippen molar-refractivity contribution >= 4 is 53.6 Å². The lowest BCUT2D eigenvalue weighted by Crippen LogP contribution is -2.16. The Kier molecular flexibility index (Phi) is 5.48. The topological polar surface area (TPSA) is 57.0 Å². The molecule has 0 radical (unpaired) electrons. The first-order valence-electron chi connectivity index (χ1n) is 5.60. The second-order valence-corrected chi connectivity index (χ2v) is 6.49. The highest BCUT2D eigenvalue weighted by Gasteiger charge is 2.22. The van der Waals surface area contributed by atoms with Crippen LogP contribution in [-0.4, -0.2) is 34.3 Å². The first kappa shape index (κ1) is 15.8. The van der Waals surface area contributed by atoms with Crippen LogP contribution in [0.4, 0.5) is 0 Å². The molecule has 0 fully saturated rings. The van der Waals surface area contributed by atoms with Gasteiger partial charge in [0.15, 0.2) is 0 Å². The van der Waals surface area contributed by atoms with E-state index in [4.69, 9.17) is 4.74 Å². The maximum atomic E-state index is 12.6. The minimum Gasteiger partial charge on any atom is -0.383 e. The average molecular weight is 468 g/mol. The summed E-state index contributed by atoms with van der Waals surface area (Å²) < 4.78 is 8.68. The van der Waals surface area contributed by atoms with Gasteiger partial charge >= 0.3 is 0 Å². The molecule has 0 N–H and O–H groups in total. The SMILES string of the molecule is COCCn1ncc(Br)c1C(=O)c1ncc(Br)cc1Br. The van der Waals surface area contributed by atoms with Crippen molar-refractivity contribution < 1.29 is 9.53 Å². The third-order valence-electron chi connectivity index (χ3n) is 2.54. The normalized spacial score (nSPS) is 10.8. The van der Waals surface area contributed by atoms with Crippen molar-refractivity contribution in [2.24, 2.45) is 0 Å². The molecule has 106 valence electrons. The van der Waals surface area contributed by atoms with E-state index in [1.807, 2.05) is 0 Å². The molecule has 0 spiro atoms. The number of rotatable bonds is 5. The maximum Gasteiger partial charge on any atom is 0.231 e. The molecule has 0 aliphatic heterocycles. The predicted octanol–water partition coefficient (Wildman–Crippen LogP) is 3.44. The van der Waals surface area contributed by atoms with Crippen molar-refractivity contribution in [1.29, 1.82) is 0 Å². The summed E-state index contributed by atoms with van der Waals surface area (Å²) in [4.78, 5) is 16.8. The molecule has 0 aliphatic rings. The van der Waals surface area contributed by atoms with Crippen LogP contribution in [0.15, 0.2) is 31.9 Å². The van der Waals surface area contributed by atoms with Crippen LogP contribution in [0.2, 0.25) is 0 Å². The van der Waals surface area contributed by atoms with E-state index in [1.165, 1.54) is 0 Å². The summed E-state index contributed by atoms with van der Waals surface area (Å²) in [5.41, 5.74) is 0.797. The van der Waals surface area contributed by atoms with E-state index in [2.05, 4.69) is 57.9 Å². The summed E-state index contributed by atoms with van der Waals surface area (Å²) >= 11 is 10.0. The molecule has 0 saturated carbocycles. The molecule has 0 amide bonds. The predicted molar refractivity (Wildman–Crippen MR) is 84.9 cm³/mol. The van der Waals surface area contributed by atoms with Crippen LogP contribution in [0.5, 0.6) is 0 Å². The van der Waals surface area contributed by atoms with Gasteiger partial charge in [-0.3, -0.25) is 14.5 Å². The Morgan fingerprint density at radius 2 is 2.05 bits per heavy atom. The molecule has 2 aromatic rings. The van der Waals surface area contributed by atoms with Crippen LogP contribution < -0.4 is 0 Å². The largest absolute Gasteiger partial charge is 0.383 e. The zero-order chi connectivity index (χ0) is 14.7. The molecule has 0 aromatic carbocycles. The van der Waals surface area contributed by atoms with Crippen molar-refractivity contribution in [3.05, 3.63) is 43.3 Å². The molecule has 20 heavy (non-hydrogen) atoms. The Balaban J connectivity index is 2.40. The summed E-state index contributed by atoms with van der Waals surface area (Å²) in [5, 5.41) is 4.16. The van der Waals surface area contributed by atoms with Crippen molar-refractivity contribution in [3.8, 4) is 0 Å². The van der Waals surface area contributed by atoms with Gasteiger partial charge in [-0.2, -0.15) is 5.10 Å². The Labute approximate surface area is 141 Å². The lowest BCUT2D eigenvalue weighted by molar-refractivity contribution is 0.101.